The van der Waals surface area contributed by atoms with Crippen LogP contribution in [0.3, 0.4) is 0 Å². The number of carbonyl (C=O) groups excluding carboxylic acids is 3. The molecule has 0 bridgehead atoms. The molecule has 0 aromatic heterocycles. The molecule has 36 heavy (non-hydrogen) atoms. The second-order valence-electron chi connectivity index (χ2n) is 7.76. The highest BCUT2D eigenvalue weighted by Gasteiger charge is 2.31. The van der Waals surface area contributed by atoms with E-state index in [0.717, 1.165) is 17.3 Å². The SMILES string of the molecule is COC(=O)/C(=C/c1ccc([N+](=O)[O-])cc1)c1ccc(Oc2ccc(CC3SC(=O)NC3=O)cc2)cc1. The van der Waals surface area contributed by atoms with Gasteiger partial charge in [-0.3, -0.25) is 25.0 Å². The van der Waals surface area contributed by atoms with E-state index in [1.54, 1.807) is 54.6 Å². The number of non-ortho nitro benzene ring substituents is 1. The fourth-order valence-electron chi connectivity index (χ4n) is 3.50. The van der Waals surface area contributed by atoms with Gasteiger partial charge in [0.2, 0.25) is 5.91 Å². The number of nitrogens with one attached hydrogen (secondary N) is 1. The third-order valence-corrected chi connectivity index (χ3v) is 6.31. The van der Waals surface area contributed by atoms with Crippen molar-refractivity contribution in [1.82, 2.24) is 5.32 Å². The third kappa shape index (κ3) is 5.97. The number of carbonyl (C=O) groups is 3. The van der Waals surface area contributed by atoms with Gasteiger partial charge in [0, 0.05) is 12.1 Å². The van der Waals surface area contributed by atoms with Gasteiger partial charge in [-0.15, -0.1) is 0 Å². The number of methoxy groups -OCH3 is 1. The van der Waals surface area contributed by atoms with Gasteiger partial charge in [0.25, 0.3) is 10.9 Å². The Morgan fingerprint density at radius 2 is 1.61 bits per heavy atom. The summed E-state index contributed by atoms with van der Waals surface area (Å²) >= 11 is 0.989. The molecule has 0 aliphatic carbocycles. The Bertz CT molecular complexity index is 1330. The largest absolute Gasteiger partial charge is 0.465 e. The zero-order chi connectivity index (χ0) is 25.7. The van der Waals surface area contributed by atoms with Gasteiger partial charge >= 0.3 is 5.97 Å². The number of benzene rings is 3. The van der Waals surface area contributed by atoms with Crippen molar-refractivity contribution in [2.45, 2.75) is 11.7 Å². The molecule has 182 valence electrons. The monoisotopic (exact) mass is 504 g/mol. The van der Waals surface area contributed by atoms with Crippen LogP contribution in [0.2, 0.25) is 0 Å². The van der Waals surface area contributed by atoms with E-state index in [1.807, 2.05) is 12.1 Å². The van der Waals surface area contributed by atoms with Crippen LogP contribution in [0.15, 0.2) is 72.8 Å². The molecule has 0 spiro atoms. The van der Waals surface area contributed by atoms with Crippen molar-refractivity contribution in [3.63, 3.8) is 0 Å². The Balaban J connectivity index is 1.45. The first kappa shape index (κ1) is 24.7. The molecule has 1 unspecified atom stereocenters. The third-order valence-electron chi connectivity index (χ3n) is 5.33. The van der Waals surface area contributed by atoms with E-state index in [-0.39, 0.29) is 22.4 Å². The standard InChI is InChI=1S/C26H20N2O7S/c1-34-25(30)22(14-16-2-8-19(9-3-16)28(32)33)18-6-12-21(13-7-18)35-20-10-4-17(5-11-20)15-23-24(29)27-26(31)36-23/h2-14,23H,15H2,1H3,(H,27,29,31)/b22-14+. The first-order chi connectivity index (χ1) is 17.3. The molecule has 1 saturated heterocycles. The van der Waals surface area contributed by atoms with Crippen molar-refractivity contribution >= 4 is 46.2 Å². The maximum atomic E-state index is 12.4. The summed E-state index contributed by atoms with van der Waals surface area (Å²) in [5, 5.41) is 12.4. The Hall–Kier alpha value is -4.44. The predicted molar refractivity (Wildman–Crippen MR) is 135 cm³/mol. The van der Waals surface area contributed by atoms with Gasteiger partial charge in [-0.05, 0) is 65.6 Å². The van der Waals surface area contributed by atoms with Crippen LogP contribution >= 0.6 is 11.8 Å². The first-order valence-electron chi connectivity index (χ1n) is 10.8. The Labute approximate surface area is 210 Å². The molecule has 1 N–H and O–H groups in total. The van der Waals surface area contributed by atoms with Gasteiger partial charge in [0.05, 0.1) is 22.9 Å². The summed E-state index contributed by atoms with van der Waals surface area (Å²) in [7, 11) is 1.28. The van der Waals surface area contributed by atoms with Crippen LogP contribution in [-0.2, 0) is 20.7 Å². The van der Waals surface area contributed by atoms with Gasteiger partial charge in [-0.25, -0.2) is 4.79 Å². The number of amides is 2. The number of hydrogen-bond acceptors (Lipinski definition) is 8. The van der Waals surface area contributed by atoms with Crippen molar-refractivity contribution in [2.24, 2.45) is 0 Å². The van der Waals surface area contributed by atoms with Gasteiger partial charge in [-0.2, -0.15) is 0 Å². The number of hydrogen-bond donors (Lipinski definition) is 1. The lowest BCUT2D eigenvalue weighted by Crippen LogP contribution is -2.25. The van der Waals surface area contributed by atoms with Gasteiger partial charge in [0.15, 0.2) is 0 Å². The molecule has 10 heteroatoms. The molecule has 1 heterocycles. The summed E-state index contributed by atoms with van der Waals surface area (Å²) in [6.45, 7) is 0. The Morgan fingerprint density at radius 3 is 2.14 bits per heavy atom. The van der Waals surface area contributed by atoms with E-state index < -0.39 is 16.1 Å². The maximum Gasteiger partial charge on any atom is 0.338 e. The second-order valence-corrected chi connectivity index (χ2v) is 8.93. The van der Waals surface area contributed by atoms with Crippen LogP contribution in [0, 0.1) is 10.1 Å². The first-order valence-corrected chi connectivity index (χ1v) is 11.6. The summed E-state index contributed by atoms with van der Waals surface area (Å²) < 4.78 is 10.8. The van der Waals surface area contributed by atoms with Crippen LogP contribution in [0.5, 0.6) is 11.5 Å². The van der Waals surface area contributed by atoms with E-state index in [9.17, 15) is 24.5 Å². The van der Waals surface area contributed by atoms with Crippen LogP contribution in [0.1, 0.15) is 16.7 Å². The second kappa shape index (κ2) is 10.9. The minimum absolute atomic E-state index is 0.0423. The molecule has 3 aromatic rings. The van der Waals surface area contributed by atoms with Crippen molar-refractivity contribution < 1.29 is 28.8 Å². The number of rotatable bonds is 8. The van der Waals surface area contributed by atoms with Crippen LogP contribution < -0.4 is 10.1 Å². The molecule has 0 radical (unpaired) electrons. The summed E-state index contributed by atoms with van der Waals surface area (Å²) in [4.78, 5) is 45.8. The zero-order valence-corrected chi connectivity index (χ0v) is 19.8. The number of esters is 1. The summed E-state index contributed by atoms with van der Waals surface area (Å²) in [5.74, 6) is 0.302. The quantitative estimate of drug-likeness (QED) is 0.149. The molecule has 1 aliphatic rings. The summed E-state index contributed by atoms with van der Waals surface area (Å²) in [6, 6.07) is 19.9. The minimum Gasteiger partial charge on any atom is -0.465 e. The highest BCUT2D eigenvalue weighted by molar-refractivity contribution is 8.15. The molecule has 1 atom stereocenters. The fourth-order valence-corrected chi connectivity index (χ4v) is 4.36. The number of imide groups is 1. The topological polar surface area (TPSA) is 125 Å². The average molecular weight is 505 g/mol. The zero-order valence-electron chi connectivity index (χ0n) is 19.0. The van der Waals surface area contributed by atoms with Crippen molar-refractivity contribution in [2.75, 3.05) is 7.11 Å². The molecule has 3 aromatic carbocycles. The van der Waals surface area contributed by atoms with Gasteiger partial charge in [-0.1, -0.05) is 36.0 Å². The molecular weight excluding hydrogens is 484 g/mol. The van der Waals surface area contributed by atoms with Gasteiger partial charge in [0.1, 0.15) is 11.5 Å². The highest BCUT2D eigenvalue weighted by Crippen LogP contribution is 2.28. The smallest absolute Gasteiger partial charge is 0.338 e. The summed E-state index contributed by atoms with van der Waals surface area (Å²) in [6.07, 6.45) is 2.04. The Kier molecular flexibility index (Phi) is 7.45. The molecule has 1 aliphatic heterocycles. The number of thioether (sulfide) groups is 1. The number of nitro groups is 1. The molecule has 2 amide bonds. The fraction of sp³-hybridized carbons (Fsp3) is 0.115. The molecule has 9 nitrogen and oxygen atoms in total. The van der Waals surface area contributed by atoms with E-state index in [1.165, 1.54) is 19.2 Å². The van der Waals surface area contributed by atoms with E-state index in [2.05, 4.69) is 5.32 Å². The molecule has 1 fully saturated rings. The molecular formula is C26H20N2O7S. The predicted octanol–water partition coefficient (Wildman–Crippen LogP) is 4.99. The number of nitro benzene ring substituents is 1. The average Bonchev–Trinajstić information content (AvgIpc) is 3.20. The minimum atomic E-state index is -0.548. The number of ether oxygens (including phenoxy) is 2. The molecule has 0 saturated carbocycles. The van der Waals surface area contributed by atoms with E-state index in [0.29, 0.717) is 29.0 Å². The van der Waals surface area contributed by atoms with E-state index in [4.69, 9.17) is 9.47 Å². The van der Waals surface area contributed by atoms with Crippen LogP contribution in [-0.4, -0.2) is 34.4 Å². The normalized spacial score (nSPS) is 15.4. The number of nitrogens with zero attached hydrogens (tertiary/aromatic N) is 1. The van der Waals surface area contributed by atoms with Crippen LogP contribution in [0.25, 0.3) is 11.6 Å². The van der Waals surface area contributed by atoms with Crippen molar-refractivity contribution in [1.29, 1.82) is 0 Å². The maximum absolute atomic E-state index is 12.4. The van der Waals surface area contributed by atoms with E-state index >= 15 is 0 Å². The highest BCUT2D eigenvalue weighted by atomic mass is 32.2. The van der Waals surface area contributed by atoms with Crippen LogP contribution in [0.4, 0.5) is 10.5 Å². The lowest BCUT2D eigenvalue weighted by molar-refractivity contribution is -0.384. The van der Waals surface area contributed by atoms with Crippen molar-refractivity contribution in [3.05, 3.63) is 99.6 Å². The lowest BCUT2D eigenvalue weighted by atomic mass is 10.0. The lowest BCUT2D eigenvalue weighted by Gasteiger charge is -2.10. The van der Waals surface area contributed by atoms with Crippen molar-refractivity contribution in [3.8, 4) is 11.5 Å². The summed E-state index contributed by atoms with van der Waals surface area (Å²) in [5.41, 5.74) is 2.34. The Morgan fingerprint density at radius 1 is 1.00 bits per heavy atom. The van der Waals surface area contributed by atoms with Gasteiger partial charge < -0.3 is 9.47 Å². The molecule has 4 rings (SSSR count).